The van der Waals surface area contributed by atoms with E-state index in [2.05, 4.69) is 5.16 Å². The Morgan fingerprint density at radius 1 is 1.28 bits per heavy atom. The summed E-state index contributed by atoms with van der Waals surface area (Å²) in [6, 6.07) is 4.93. The fraction of sp³-hybridized carbons (Fsp3) is 0.308. The number of phenolic OH excluding ortho intramolecular Hbond substituents is 1. The van der Waals surface area contributed by atoms with E-state index in [1.807, 2.05) is 20.8 Å². The molecule has 5 heteroatoms. The van der Waals surface area contributed by atoms with Crippen LogP contribution in [0.25, 0.3) is 11.3 Å². The third kappa shape index (κ3) is 2.29. The second-order valence-electron chi connectivity index (χ2n) is 5.22. The summed E-state index contributed by atoms with van der Waals surface area (Å²) >= 11 is 6.08. The summed E-state index contributed by atoms with van der Waals surface area (Å²) in [7, 11) is 0. The molecule has 2 aromatic rings. The van der Waals surface area contributed by atoms with Crippen LogP contribution in [0.4, 0.5) is 5.82 Å². The van der Waals surface area contributed by atoms with E-state index in [1.54, 1.807) is 18.2 Å². The molecule has 0 amide bonds. The van der Waals surface area contributed by atoms with Crippen LogP contribution < -0.4 is 5.73 Å². The molecule has 0 aliphatic rings. The van der Waals surface area contributed by atoms with Crippen LogP contribution in [0, 0.1) is 0 Å². The van der Waals surface area contributed by atoms with Crippen molar-refractivity contribution in [2.24, 2.45) is 0 Å². The summed E-state index contributed by atoms with van der Waals surface area (Å²) in [5.41, 5.74) is 6.53. The number of nitrogens with zero attached hydrogens (tertiary/aromatic N) is 1. The highest BCUT2D eigenvalue weighted by molar-refractivity contribution is 6.31. The maximum absolute atomic E-state index is 10.3. The molecule has 0 bridgehead atoms. The molecule has 0 fully saturated rings. The molecule has 0 saturated heterocycles. The number of halogens is 1. The van der Waals surface area contributed by atoms with E-state index in [0.29, 0.717) is 16.3 Å². The molecule has 4 nitrogen and oxygen atoms in total. The average Bonchev–Trinajstić information content (AvgIpc) is 2.66. The number of hydrogen-bond acceptors (Lipinski definition) is 4. The minimum atomic E-state index is -0.227. The van der Waals surface area contributed by atoms with Crippen LogP contribution in [-0.4, -0.2) is 10.3 Å². The van der Waals surface area contributed by atoms with Crippen molar-refractivity contribution < 1.29 is 9.63 Å². The van der Waals surface area contributed by atoms with Gasteiger partial charge < -0.3 is 15.4 Å². The Bertz CT molecular complexity index is 585. The Balaban J connectivity index is 2.66. The molecule has 1 heterocycles. The van der Waals surface area contributed by atoms with Crippen LogP contribution in [0.15, 0.2) is 22.7 Å². The standard InChI is InChI=1S/C13H15ClN2O2/c1-13(2,3)9-5-7(14)4-8(12(9)17)10-6-11(15)16-18-10/h4-6,17H,1-3H3,(H2,15,16). The molecule has 18 heavy (non-hydrogen) atoms. The third-order valence-corrected chi connectivity index (χ3v) is 2.89. The molecule has 0 spiro atoms. The van der Waals surface area contributed by atoms with Crippen molar-refractivity contribution in [1.29, 1.82) is 0 Å². The first kappa shape index (κ1) is 12.8. The van der Waals surface area contributed by atoms with Crippen LogP contribution >= 0.6 is 11.6 Å². The lowest BCUT2D eigenvalue weighted by Crippen LogP contribution is -2.11. The molecule has 1 aromatic heterocycles. The van der Waals surface area contributed by atoms with Crippen LogP contribution in [0.1, 0.15) is 26.3 Å². The van der Waals surface area contributed by atoms with Gasteiger partial charge in [-0.2, -0.15) is 0 Å². The number of nitrogen functional groups attached to an aromatic ring is 1. The lowest BCUT2D eigenvalue weighted by molar-refractivity contribution is 0.423. The number of anilines is 1. The molecule has 96 valence electrons. The molecule has 2 rings (SSSR count). The van der Waals surface area contributed by atoms with Crippen molar-refractivity contribution in [1.82, 2.24) is 5.16 Å². The molecule has 0 radical (unpaired) electrons. The highest BCUT2D eigenvalue weighted by Crippen LogP contribution is 2.40. The second-order valence-corrected chi connectivity index (χ2v) is 5.65. The molecule has 0 saturated carbocycles. The van der Waals surface area contributed by atoms with Crippen molar-refractivity contribution in [3.05, 3.63) is 28.8 Å². The predicted molar refractivity (Wildman–Crippen MR) is 71.7 cm³/mol. The molecule has 0 unspecified atom stereocenters. The van der Waals surface area contributed by atoms with Crippen LogP contribution in [0.3, 0.4) is 0 Å². The van der Waals surface area contributed by atoms with E-state index in [1.165, 1.54) is 0 Å². The summed E-state index contributed by atoms with van der Waals surface area (Å²) in [6.07, 6.45) is 0. The zero-order chi connectivity index (χ0) is 13.5. The normalized spacial score (nSPS) is 11.8. The maximum atomic E-state index is 10.3. The van der Waals surface area contributed by atoms with E-state index in [0.717, 1.165) is 5.56 Å². The monoisotopic (exact) mass is 266 g/mol. The van der Waals surface area contributed by atoms with Crippen molar-refractivity contribution in [3.63, 3.8) is 0 Å². The quantitative estimate of drug-likeness (QED) is 0.827. The minimum Gasteiger partial charge on any atom is -0.507 e. The SMILES string of the molecule is CC(C)(C)c1cc(Cl)cc(-c2cc(N)no2)c1O. The Morgan fingerprint density at radius 2 is 1.94 bits per heavy atom. The molecule has 1 aromatic carbocycles. The van der Waals surface area contributed by atoms with Crippen LogP contribution in [0.5, 0.6) is 5.75 Å². The highest BCUT2D eigenvalue weighted by atomic mass is 35.5. The van der Waals surface area contributed by atoms with E-state index in [9.17, 15) is 5.11 Å². The Hall–Kier alpha value is -1.68. The van der Waals surface area contributed by atoms with E-state index >= 15 is 0 Å². The van der Waals surface area contributed by atoms with Gasteiger partial charge in [0.15, 0.2) is 11.6 Å². The van der Waals surface area contributed by atoms with E-state index in [4.69, 9.17) is 21.9 Å². The van der Waals surface area contributed by atoms with Crippen LogP contribution in [0.2, 0.25) is 5.02 Å². The average molecular weight is 267 g/mol. The van der Waals surface area contributed by atoms with Crippen molar-refractivity contribution >= 4 is 17.4 Å². The molecule has 0 atom stereocenters. The van der Waals surface area contributed by atoms with Gasteiger partial charge in [0.2, 0.25) is 0 Å². The van der Waals surface area contributed by atoms with Gasteiger partial charge in [-0.25, -0.2) is 0 Å². The van der Waals surface area contributed by atoms with E-state index in [-0.39, 0.29) is 17.0 Å². The number of nitrogens with two attached hydrogens (primary N) is 1. The molecule has 0 aliphatic heterocycles. The maximum Gasteiger partial charge on any atom is 0.172 e. The first-order chi connectivity index (χ1) is 8.29. The van der Waals surface area contributed by atoms with E-state index < -0.39 is 0 Å². The fourth-order valence-corrected chi connectivity index (χ4v) is 1.99. The molecule has 0 aliphatic carbocycles. The van der Waals surface area contributed by atoms with Crippen molar-refractivity contribution in [3.8, 4) is 17.1 Å². The first-order valence-electron chi connectivity index (χ1n) is 5.54. The van der Waals surface area contributed by atoms with Crippen LogP contribution in [-0.2, 0) is 5.41 Å². The molecule has 3 N–H and O–H groups in total. The Kier molecular flexibility index (Phi) is 2.99. The molecular weight excluding hydrogens is 252 g/mol. The second kappa shape index (κ2) is 4.21. The van der Waals surface area contributed by atoms with Gasteiger partial charge in [0.1, 0.15) is 5.75 Å². The van der Waals surface area contributed by atoms with Gasteiger partial charge in [-0.3, -0.25) is 0 Å². The van der Waals surface area contributed by atoms with Gasteiger partial charge in [-0.15, -0.1) is 0 Å². The van der Waals surface area contributed by atoms with Gasteiger partial charge in [-0.1, -0.05) is 37.5 Å². The number of aromatic nitrogens is 1. The van der Waals surface area contributed by atoms with Crippen molar-refractivity contribution in [2.75, 3.05) is 5.73 Å². The number of benzene rings is 1. The zero-order valence-corrected chi connectivity index (χ0v) is 11.2. The van der Waals surface area contributed by atoms with Gasteiger partial charge in [-0.05, 0) is 17.5 Å². The largest absolute Gasteiger partial charge is 0.507 e. The minimum absolute atomic E-state index is 0.142. The summed E-state index contributed by atoms with van der Waals surface area (Å²) in [4.78, 5) is 0. The lowest BCUT2D eigenvalue weighted by Gasteiger charge is -2.21. The number of hydrogen-bond donors (Lipinski definition) is 2. The number of phenols is 1. The van der Waals surface area contributed by atoms with Gasteiger partial charge in [0, 0.05) is 16.7 Å². The topological polar surface area (TPSA) is 72.3 Å². The smallest absolute Gasteiger partial charge is 0.172 e. The summed E-state index contributed by atoms with van der Waals surface area (Å²) in [5, 5.41) is 14.5. The highest BCUT2D eigenvalue weighted by Gasteiger charge is 2.23. The first-order valence-corrected chi connectivity index (χ1v) is 5.92. The number of rotatable bonds is 1. The Labute approximate surface area is 110 Å². The summed E-state index contributed by atoms with van der Waals surface area (Å²) in [6.45, 7) is 5.99. The molecular formula is C13H15ClN2O2. The lowest BCUT2D eigenvalue weighted by atomic mass is 9.85. The Morgan fingerprint density at radius 3 is 2.44 bits per heavy atom. The summed E-state index contributed by atoms with van der Waals surface area (Å²) < 4.78 is 5.06. The van der Waals surface area contributed by atoms with Gasteiger partial charge >= 0.3 is 0 Å². The zero-order valence-electron chi connectivity index (χ0n) is 10.5. The van der Waals surface area contributed by atoms with Gasteiger partial charge in [0.25, 0.3) is 0 Å². The van der Waals surface area contributed by atoms with Crippen molar-refractivity contribution in [2.45, 2.75) is 26.2 Å². The predicted octanol–water partition coefficient (Wildman–Crippen LogP) is 3.58. The summed E-state index contributed by atoms with van der Waals surface area (Å²) in [5.74, 6) is 0.808. The van der Waals surface area contributed by atoms with Gasteiger partial charge in [0.05, 0.1) is 5.56 Å². The number of aromatic hydroxyl groups is 1. The fourth-order valence-electron chi connectivity index (χ4n) is 1.77. The third-order valence-electron chi connectivity index (χ3n) is 2.68.